The molecule has 2 amide bonds. The molecule has 0 fully saturated rings. The minimum Gasteiger partial charge on any atom is -0.351 e. The first kappa shape index (κ1) is 8.00. The van der Waals surface area contributed by atoms with Gasteiger partial charge in [-0.2, -0.15) is 0 Å². The van der Waals surface area contributed by atoms with Gasteiger partial charge in [-0.15, -0.1) is 11.3 Å². The third-order valence-electron chi connectivity index (χ3n) is 1.66. The van der Waals surface area contributed by atoms with E-state index in [0.717, 1.165) is 10.6 Å². The normalized spacial score (nSPS) is 14.0. The van der Waals surface area contributed by atoms with Gasteiger partial charge in [0, 0.05) is 12.4 Å². The first-order valence-corrected chi connectivity index (χ1v) is 4.53. The number of hydrogen-bond donors (Lipinski definition) is 1. The van der Waals surface area contributed by atoms with Crippen LogP contribution in [0.5, 0.6) is 0 Å². The number of aromatic nitrogens is 1. The Morgan fingerprint density at radius 3 is 3.00 bits per heavy atom. The second-order valence-electron chi connectivity index (χ2n) is 2.48. The SMILES string of the molecule is NC(=O)N1C=Cc2ncsc2C=C1. The first-order valence-electron chi connectivity index (χ1n) is 3.65. The number of thiazole rings is 1. The summed E-state index contributed by atoms with van der Waals surface area (Å²) in [4.78, 5) is 17.3. The Morgan fingerprint density at radius 2 is 2.23 bits per heavy atom. The van der Waals surface area contributed by atoms with E-state index in [9.17, 15) is 4.79 Å². The summed E-state index contributed by atoms with van der Waals surface area (Å²) in [6.07, 6.45) is 6.81. The number of nitrogens with two attached hydrogens (primary N) is 1. The molecule has 5 heteroatoms. The lowest BCUT2D eigenvalue weighted by molar-refractivity contribution is 0.235. The fourth-order valence-corrected chi connectivity index (χ4v) is 1.67. The van der Waals surface area contributed by atoms with E-state index in [4.69, 9.17) is 5.73 Å². The molecule has 0 saturated carbocycles. The van der Waals surface area contributed by atoms with Crippen molar-refractivity contribution >= 4 is 29.5 Å². The van der Waals surface area contributed by atoms with Gasteiger partial charge in [0.15, 0.2) is 0 Å². The fraction of sp³-hybridized carbons (Fsp3) is 0. The van der Waals surface area contributed by atoms with Crippen LogP contribution in [0.15, 0.2) is 17.9 Å². The fourth-order valence-electron chi connectivity index (χ4n) is 1.01. The molecule has 0 atom stereocenters. The predicted molar refractivity (Wildman–Crippen MR) is 51.6 cm³/mol. The molecule has 0 bridgehead atoms. The zero-order valence-corrected chi connectivity index (χ0v) is 7.49. The number of primary amides is 1. The summed E-state index contributed by atoms with van der Waals surface area (Å²) in [7, 11) is 0. The zero-order valence-electron chi connectivity index (χ0n) is 6.68. The molecule has 0 radical (unpaired) electrons. The topological polar surface area (TPSA) is 59.2 Å². The Balaban J connectivity index is 2.37. The molecule has 1 aliphatic heterocycles. The Labute approximate surface area is 79.0 Å². The molecule has 4 nitrogen and oxygen atoms in total. The molecule has 0 spiro atoms. The van der Waals surface area contributed by atoms with Crippen molar-refractivity contribution in [1.82, 2.24) is 9.88 Å². The van der Waals surface area contributed by atoms with E-state index in [1.54, 1.807) is 24.0 Å². The van der Waals surface area contributed by atoms with E-state index >= 15 is 0 Å². The van der Waals surface area contributed by atoms with Crippen molar-refractivity contribution in [3.63, 3.8) is 0 Å². The number of carbonyl (C=O) groups excluding carboxylic acids is 1. The van der Waals surface area contributed by atoms with Crippen LogP contribution in [0.4, 0.5) is 4.79 Å². The van der Waals surface area contributed by atoms with Crippen molar-refractivity contribution in [2.24, 2.45) is 5.73 Å². The van der Waals surface area contributed by atoms with E-state index in [1.807, 2.05) is 6.08 Å². The van der Waals surface area contributed by atoms with Gasteiger partial charge in [-0.05, 0) is 12.2 Å². The van der Waals surface area contributed by atoms with E-state index < -0.39 is 6.03 Å². The maximum absolute atomic E-state index is 10.8. The summed E-state index contributed by atoms with van der Waals surface area (Å²) in [6, 6.07) is -0.498. The molecule has 66 valence electrons. The first-order chi connectivity index (χ1) is 6.27. The molecule has 0 aliphatic carbocycles. The average molecular weight is 193 g/mol. The molecule has 1 aromatic rings. The van der Waals surface area contributed by atoms with Gasteiger partial charge in [-0.1, -0.05) is 0 Å². The number of fused-ring (bicyclic) bond motifs is 1. The maximum Gasteiger partial charge on any atom is 0.322 e. The molecule has 0 saturated heterocycles. The Kier molecular flexibility index (Phi) is 1.86. The Bertz CT molecular complexity index is 365. The van der Waals surface area contributed by atoms with Gasteiger partial charge in [0.2, 0.25) is 0 Å². The Hall–Kier alpha value is -1.62. The van der Waals surface area contributed by atoms with Crippen LogP contribution in [0, 0.1) is 0 Å². The molecular formula is C8H7N3OS. The summed E-state index contributed by atoms with van der Waals surface area (Å²) < 4.78 is 0. The highest BCUT2D eigenvalue weighted by Gasteiger charge is 2.07. The van der Waals surface area contributed by atoms with Crippen LogP contribution in [-0.4, -0.2) is 15.9 Å². The molecule has 1 aliphatic rings. The second kappa shape index (κ2) is 3.02. The number of rotatable bonds is 0. The predicted octanol–water partition coefficient (Wildman–Crippen LogP) is 1.48. The van der Waals surface area contributed by atoms with Gasteiger partial charge in [-0.25, -0.2) is 9.78 Å². The molecule has 2 rings (SSSR count). The van der Waals surface area contributed by atoms with Gasteiger partial charge in [0.05, 0.1) is 16.1 Å². The van der Waals surface area contributed by atoms with Crippen molar-refractivity contribution in [2.75, 3.05) is 0 Å². The van der Waals surface area contributed by atoms with E-state index in [-0.39, 0.29) is 0 Å². The van der Waals surface area contributed by atoms with Gasteiger partial charge in [0.1, 0.15) is 0 Å². The van der Waals surface area contributed by atoms with Crippen molar-refractivity contribution in [3.8, 4) is 0 Å². The third-order valence-corrected chi connectivity index (χ3v) is 2.47. The van der Waals surface area contributed by atoms with Crippen LogP contribution in [0.25, 0.3) is 12.2 Å². The molecule has 2 heterocycles. The smallest absolute Gasteiger partial charge is 0.322 e. The molecular weight excluding hydrogens is 186 g/mol. The van der Waals surface area contributed by atoms with Crippen molar-refractivity contribution in [1.29, 1.82) is 0 Å². The number of hydrogen-bond acceptors (Lipinski definition) is 3. The van der Waals surface area contributed by atoms with Crippen molar-refractivity contribution in [2.45, 2.75) is 0 Å². The number of amides is 2. The Morgan fingerprint density at radius 1 is 1.46 bits per heavy atom. The summed E-state index contributed by atoms with van der Waals surface area (Å²) in [5, 5.41) is 0. The minimum absolute atomic E-state index is 0.498. The van der Waals surface area contributed by atoms with Gasteiger partial charge >= 0.3 is 6.03 Å². The molecule has 13 heavy (non-hydrogen) atoms. The average Bonchev–Trinajstić information content (AvgIpc) is 2.44. The van der Waals surface area contributed by atoms with Gasteiger partial charge < -0.3 is 5.73 Å². The molecule has 2 N–H and O–H groups in total. The molecule has 0 aromatic carbocycles. The number of nitrogens with zero attached hydrogens (tertiary/aromatic N) is 2. The highest BCUT2D eigenvalue weighted by Crippen LogP contribution is 2.19. The summed E-state index contributed by atoms with van der Waals surface area (Å²) in [5.41, 5.74) is 7.74. The monoisotopic (exact) mass is 193 g/mol. The van der Waals surface area contributed by atoms with E-state index in [2.05, 4.69) is 4.98 Å². The standard InChI is InChI=1S/C8H7N3OS/c9-8(12)11-3-1-6-7(2-4-11)13-5-10-6/h1-5H,(H2,9,12). The van der Waals surface area contributed by atoms with Crippen molar-refractivity contribution in [3.05, 3.63) is 28.5 Å². The van der Waals surface area contributed by atoms with E-state index in [1.165, 1.54) is 16.2 Å². The third kappa shape index (κ3) is 1.46. The quantitative estimate of drug-likeness (QED) is 0.678. The van der Waals surface area contributed by atoms with Crippen LogP contribution in [0.1, 0.15) is 10.6 Å². The lowest BCUT2D eigenvalue weighted by Gasteiger charge is -2.06. The zero-order chi connectivity index (χ0) is 9.26. The van der Waals surface area contributed by atoms with Crippen LogP contribution in [0.3, 0.4) is 0 Å². The minimum atomic E-state index is -0.498. The lowest BCUT2D eigenvalue weighted by atomic mass is 10.3. The highest BCUT2D eigenvalue weighted by atomic mass is 32.1. The van der Waals surface area contributed by atoms with Gasteiger partial charge in [-0.3, -0.25) is 4.90 Å². The second-order valence-corrected chi connectivity index (χ2v) is 3.37. The largest absolute Gasteiger partial charge is 0.351 e. The van der Waals surface area contributed by atoms with Crippen LogP contribution in [0.2, 0.25) is 0 Å². The summed E-state index contributed by atoms with van der Waals surface area (Å²) in [5.74, 6) is 0. The molecule has 1 aromatic heterocycles. The molecule has 0 unspecified atom stereocenters. The van der Waals surface area contributed by atoms with Crippen LogP contribution >= 0.6 is 11.3 Å². The maximum atomic E-state index is 10.8. The lowest BCUT2D eigenvalue weighted by Crippen LogP contribution is -2.25. The van der Waals surface area contributed by atoms with Crippen LogP contribution in [-0.2, 0) is 0 Å². The number of urea groups is 1. The summed E-state index contributed by atoms with van der Waals surface area (Å²) >= 11 is 1.52. The number of carbonyl (C=O) groups is 1. The van der Waals surface area contributed by atoms with Gasteiger partial charge in [0.25, 0.3) is 0 Å². The van der Waals surface area contributed by atoms with Crippen molar-refractivity contribution < 1.29 is 4.79 Å². The van der Waals surface area contributed by atoms with Crippen LogP contribution < -0.4 is 5.73 Å². The highest BCUT2D eigenvalue weighted by molar-refractivity contribution is 7.10. The summed E-state index contributed by atoms with van der Waals surface area (Å²) in [6.45, 7) is 0. The van der Waals surface area contributed by atoms with E-state index in [0.29, 0.717) is 0 Å².